The second-order valence-electron chi connectivity index (χ2n) is 7.42. The average Bonchev–Trinajstić information content (AvgIpc) is 2.88. The number of methoxy groups -OCH3 is 1. The van der Waals surface area contributed by atoms with E-state index in [2.05, 4.69) is 19.9 Å². The Kier molecular flexibility index (Phi) is 4.98. The Morgan fingerprint density at radius 1 is 1.44 bits per heavy atom. The first-order valence-electron chi connectivity index (χ1n) is 9.00. The van der Waals surface area contributed by atoms with Gasteiger partial charge in [0.2, 0.25) is 0 Å². The summed E-state index contributed by atoms with van der Waals surface area (Å²) in [5, 5.41) is 0. The number of hydrogen-bond acceptors (Lipinski definition) is 4. The summed E-state index contributed by atoms with van der Waals surface area (Å²) in [7, 11) is 1.43. The van der Waals surface area contributed by atoms with E-state index in [4.69, 9.17) is 9.47 Å². The number of cyclic esters (lactones) is 1. The van der Waals surface area contributed by atoms with Crippen LogP contribution in [0.15, 0.2) is 46.6 Å². The van der Waals surface area contributed by atoms with Gasteiger partial charge in [0.1, 0.15) is 6.61 Å². The quantitative estimate of drug-likeness (QED) is 0.724. The van der Waals surface area contributed by atoms with Crippen LogP contribution >= 0.6 is 0 Å². The van der Waals surface area contributed by atoms with Crippen molar-refractivity contribution in [1.82, 2.24) is 0 Å². The summed E-state index contributed by atoms with van der Waals surface area (Å²) in [4.78, 5) is 23.7. The molecule has 2 atom stereocenters. The van der Waals surface area contributed by atoms with Crippen LogP contribution in [-0.4, -0.2) is 25.7 Å². The molecule has 25 heavy (non-hydrogen) atoms. The highest BCUT2D eigenvalue weighted by atomic mass is 16.5. The Labute approximate surface area is 149 Å². The van der Waals surface area contributed by atoms with Crippen molar-refractivity contribution in [2.24, 2.45) is 11.3 Å². The summed E-state index contributed by atoms with van der Waals surface area (Å²) < 4.78 is 9.93. The highest BCUT2D eigenvalue weighted by Crippen LogP contribution is 2.50. The van der Waals surface area contributed by atoms with Crippen LogP contribution in [0, 0.1) is 11.3 Å². The monoisotopic (exact) mass is 342 g/mol. The minimum atomic E-state index is -0.252. The fourth-order valence-corrected chi connectivity index (χ4v) is 4.20. The average molecular weight is 342 g/mol. The van der Waals surface area contributed by atoms with Crippen molar-refractivity contribution in [2.75, 3.05) is 13.7 Å². The first kappa shape index (κ1) is 17.7. The molecule has 0 unspecified atom stereocenters. The fourth-order valence-electron chi connectivity index (χ4n) is 4.20. The number of esters is 2. The molecule has 2 aliphatic carbocycles. The van der Waals surface area contributed by atoms with Gasteiger partial charge < -0.3 is 9.47 Å². The summed E-state index contributed by atoms with van der Waals surface area (Å²) in [6, 6.07) is 0. The molecule has 1 heterocycles. The first-order chi connectivity index (χ1) is 12.0. The van der Waals surface area contributed by atoms with E-state index in [0.717, 1.165) is 31.3 Å². The molecular weight excluding hydrogens is 316 g/mol. The SMILES string of the molecule is COC(=O)C1=CC=CC2=C(CC[C@@H](C)[C@]2(C)CCC2=CCOC2=O)C1. The van der Waals surface area contributed by atoms with E-state index in [9.17, 15) is 9.59 Å². The fraction of sp³-hybridized carbons (Fsp3) is 0.524. The third-order valence-corrected chi connectivity index (χ3v) is 6.09. The van der Waals surface area contributed by atoms with E-state index in [0.29, 0.717) is 24.5 Å². The van der Waals surface area contributed by atoms with Gasteiger partial charge in [-0.3, -0.25) is 0 Å². The van der Waals surface area contributed by atoms with Crippen molar-refractivity contribution in [2.45, 2.75) is 46.0 Å². The third kappa shape index (κ3) is 3.35. The van der Waals surface area contributed by atoms with Crippen LogP contribution in [0.2, 0.25) is 0 Å². The molecule has 0 spiro atoms. The molecule has 0 saturated heterocycles. The third-order valence-electron chi connectivity index (χ3n) is 6.09. The van der Waals surface area contributed by atoms with Crippen LogP contribution in [0.25, 0.3) is 0 Å². The Balaban J connectivity index is 1.85. The van der Waals surface area contributed by atoms with E-state index in [1.54, 1.807) is 0 Å². The number of carbonyl (C=O) groups is 2. The smallest absolute Gasteiger partial charge is 0.334 e. The predicted octanol–water partition coefficient (Wildman–Crippen LogP) is 4.04. The van der Waals surface area contributed by atoms with Crippen LogP contribution in [0.4, 0.5) is 0 Å². The largest absolute Gasteiger partial charge is 0.466 e. The lowest BCUT2D eigenvalue weighted by Crippen LogP contribution is -2.32. The lowest BCUT2D eigenvalue weighted by Gasteiger charge is -2.43. The number of carbonyl (C=O) groups excluding carboxylic acids is 2. The topological polar surface area (TPSA) is 52.6 Å². The summed E-state index contributed by atoms with van der Waals surface area (Å²) in [5.74, 6) is 0.0958. The van der Waals surface area contributed by atoms with Gasteiger partial charge in [-0.05, 0) is 48.7 Å². The molecule has 3 rings (SSSR count). The summed E-state index contributed by atoms with van der Waals surface area (Å²) in [6.07, 6.45) is 12.3. The van der Waals surface area contributed by atoms with Crippen molar-refractivity contribution >= 4 is 11.9 Å². The molecule has 0 saturated carbocycles. The first-order valence-corrected chi connectivity index (χ1v) is 9.00. The van der Waals surface area contributed by atoms with E-state index >= 15 is 0 Å². The Morgan fingerprint density at radius 2 is 2.24 bits per heavy atom. The molecule has 0 aromatic rings. The van der Waals surface area contributed by atoms with E-state index < -0.39 is 0 Å². The summed E-state index contributed by atoms with van der Waals surface area (Å²) in [6.45, 7) is 4.99. The molecule has 0 aromatic heterocycles. The van der Waals surface area contributed by atoms with Gasteiger partial charge in [-0.25, -0.2) is 9.59 Å². The van der Waals surface area contributed by atoms with Crippen LogP contribution in [-0.2, 0) is 19.1 Å². The minimum absolute atomic E-state index is 0.00674. The highest BCUT2D eigenvalue weighted by Gasteiger charge is 2.39. The molecule has 3 aliphatic rings. The molecule has 1 aliphatic heterocycles. The second-order valence-corrected chi connectivity index (χ2v) is 7.42. The lowest BCUT2D eigenvalue weighted by atomic mass is 9.62. The normalized spacial score (nSPS) is 28.8. The molecule has 4 nitrogen and oxygen atoms in total. The maximum Gasteiger partial charge on any atom is 0.334 e. The molecule has 0 radical (unpaired) electrons. The van der Waals surface area contributed by atoms with Gasteiger partial charge in [-0.2, -0.15) is 0 Å². The van der Waals surface area contributed by atoms with Gasteiger partial charge in [0.05, 0.1) is 7.11 Å². The van der Waals surface area contributed by atoms with Crippen molar-refractivity contribution in [1.29, 1.82) is 0 Å². The van der Waals surface area contributed by atoms with Gasteiger partial charge in [0.25, 0.3) is 0 Å². The molecule has 0 N–H and O–H groups in total. The van der Waals surface area contributed by atoms with Crippen molar-refractivity contribution in [3.63, 3.8) is 0 Å². The second kappa shape index (κ2) is 7.03. The molecule has 0 aromatic carbocycles. The van der Waals surface area contributed by atoms with Gasteiger partial charge in [0.15, 0.2) is 0 Å². The van der Waals surface area contributed by atoms with Gasteiger partial charge >= 0.3 is 11.9 Å². The van der Waals surface area contributed by atoms with Gasteiger partial charge in [-0.15, -0.1) is 0 Å². The Bertz CT molecular complexity index is 707. The van der Waals surface area contributed by atoms with Gasteiger partial charge in [-0.1, -0.05) is 37.6 Å². The lowest BCUT2D eigenvalue weighted by molar-refractivity contribution is -0.137. The van der Waals surface area contributed by atoms with Crippen molar-refractivity contribution in [3.8, 4) is 0 Å². The van der Waals surface area contributed by atoms with Crippen molar-refractivity contribution in [3.05, 3.63) is 46.6 Å². The maximum absolute atomic E-state index is 11.9. The van der Waals surface area contributed by atoms with Crippen LogP contribution in [0.1, 0.15) is 46.0 Å². The molecule has 0 bridgehead atoms. The highest BCUT2D eigenvalue weighted by molar-refractivity contribution is 5.90. The van der Waals surface area contributed by atoms with Gasteiger partial charge in [0, 0.05) is 17.6 Å². The minimum Gasteiger partial charge on any atom is -0.466 e. The summed E-state index contributed by atoms with van der Waals surface area (Å²) >= 11 is 0. The number of hydrogen-bond donors (Lipinski definition) is 0. The number of allylic oxidation sites excluding steroid dienone is 5. The Morgan fingerprint density at radius 3 is 2.92 bits per heavy atom. The molecular formula is C21H26O4. The zero-order valence-electron chi connectivity index (χ0n) is 15.3. The predicted molar refractivity (Wildman–Crippen MR) is 95.7 cm³/mol. The molecule has 0 fully saturated rings. The molecule has 134 valence electrons. The molecule has 0 amide bonds. The Hall–Kier alpha value is -2.10. The number of ether oxygens (including phenoxy) is 2. The van der Waals surface area contributed by atoms with E-state index in [1.807, 2.05) is 18.2 Å². The van der Waals surface area contributed by atoms with Crippen LogP contribution in [0.3, 0.4) is 0 Å². The summed E-state index contributed by atoms with van der Waals surface area (Å²) in [5.41, 5.74) is 4.16. The zero-order chi connectivity index (χ0) is 18.0. The number of rotatable bonds is 4. The zero-order valence-corrected chi connectivity index (χ0v) is 15.3. The van der Waals surface area contributed by atoms with Crippen LogP contribution in [0.5, 0.6) is 0 Å². The van der Waals surface area contributed by atoms with E-state index in [1.165, 1.54) is 18.3 Å². The van der Waals surface area contributed by atoms with E-state index in [-0.39, 0.29) is 17.4 Å². The van der Waals surface area contributed by atoms with Crippen LogP contribution < -0.4 is 0 Å². The van der Waals surface area contributed by atoms with Crippen molar-refractivity contribution < 1.29 is 19.1 Å². The molecule has 4 heteroatoms. The maximum atomic E-state index is 11.9. The standard InChI is InChI=1S/C21H26O4/c1-14-7-8-16-13-17(19(22)24-3)5-4-6-18(16)21(14,2)11-9-15-10-12-25-20(15)23/h4-6,10,14H,7-9,11-13H2,1-3H3/t14-,21+/m1/s1.